The van der Waals surface area contributed by atoms with Gasteiger partial charge in [-0.1, -0.05) is 0 Å². The van der Waals surface area contributed by atoms with Crippen molar-refractivity contribution in [3.63, 3.8) is 0 Å². The molecule has 5 nitrogen and oxygen atoms in total. The molecule has 2 aromatic rings. The molecule has 0 saturated carbocycles. The molecule has 0 amide bonds. The normalized spacial score (nSPS) is 12.3. The van der Waals surface area contributed by atoms with Crippen molar-refractivity contribution in [1.82, 2.24) is 9.78 Å². The maximum absolute atomic E-state index is 11.0. The predicted molar refractivity (Wildman–Crippen MR) is 61.3 cm³/mol. The molecule has 0 fully saturated rings. The van der Waals surface area contributed by atoms with Crippen LogP contribution in [0.3, 0.4) is 0 Å². The number of rotatable bonds is 3. The van der Waals surface area contributed by atoms with Crippen LogP contribution in [0.15, 0.2) is 36.5 Å². The summed E-state index contributed by atoms with van der Waals surface area (Å²) < 4.78 is 1.55. The van der Waals surface area contributed by atoms with Gasteiger partial charge in [0.25, 0.3) is 0 Å². The summed E-state index contributed by atoms with van der Waals surface area (Å²) in [5, 5.41) is 22.3. The van der Waals surface area contributed by atoms with Gasteiger partial charge in [0.05, 0.1) is 17.3 Å². The van der Waals surface area contributed by atoms with Gasteiger partial charge in [-0.15, -0.1) is 0 Å². The van der Waals surface area contributed by atoms with E-state index in [1.807, 2.05) is 0 Å². The number of carbonyl (C=O) groups is 1. The maximum Gasteiger partial charge on any atom is 0.312 e. The zero-order valence-corrected chi connectivity index (χ0v) is 9.24. The Bertz CT molecular complexity index is 531. The summed E-state index contributed by atoms with van der Waals surface area (Å²) in [5.41, 5.74) is 1.32. The molecule has 2 rings (SSSR count). The number of benzene rings is 1. The van der Waals surface area contributed by atoms with E-state index in [0.29, 0.717) is 5.69 Å². The van der Waals surface area contributed by atoms with E-state index in [1.54, 1.807) is 36.0 Å². The highest BCUT2D eigenvalue weighted by molar-refractivity contribution is 5.75. The topological polar surface area (TPSA) is 75.3 Å². The molecule has 0 bridgehead atoms. The number of aromatic hydroxyl groups is 1. The largest absolute Gasteiger partial charge is 0.508 e. The number of aromatic nitrogens is 2. The molecule has 0 aliphatic carbocycles. The van der Waals surface area contributed by atoms with Crippen LogP contribution >= 0.6 is 0 Å². The third kappa shape index (κ3) is 2.13. The first-order valence-electron chi connectivity index (χ1n) is 5.15. The van der Waals surface area contributed by atoms with E-state index in [2.05, 4.69) is 5.10 Å². The minimum absolute atomic E-state index is 0.161. The summed E-state index contributed by atoms with van der Waals surface area (Å²) in [5.74, 6) is -1.37. The van der Waals surface area contributed by atoms with Gasteiger partial charge < -0.3 is 10.2 Å². The number of aliphatic carboxylic acids is 1. The summed E-state index contributed by atoms with van der Waals surface area (Å²) >= 11 is 0. The Morgan fingerprint density at radius 3 is 2.53 bits per heavy atom. The van der Waals surface area contributed by atoms with Crippen molar-refractivity contribution < 1.29 is 15.0 Å². The van der Waals surface area contributed by atoms with Gasteiger partial charge >= 0.3 is 5.97 Å². The fourth-order valence-corrected chi connectivity index (χ4v) is 1.58. The molecule has 1 aromatic carbocycles. The van der Waals surface area contributed by atoms with E-state index in [9.17, 15) is 9.90 Å². The van der Waals surface area contributed by atoms with E-state index in [4.69, 9.17) is 5.11 Å². The lowest BCUT2D eigenvalue weighted by Crippen LogP contribution is -2.12. The smallest absolute Gasteiger partial charge is 0.312 e. The molecule has 1 unspecified atom stereocenters. The van der Waals surface area contributed by atoms with Crippen molar-refractivity contribution in [2.24, 2.45) is 0 Å². The average molecular weight is 232 g/mol. The average Bonchev–Trinajstić information content (AvgIpc) is 2.77. The van der Waals surface area contributed by atoms with Crippen molar-refractivity contribution >= 4 is 5.97 Å². The summed E-state index contributed by atoms with van der Waals surface area (Å²) in [6.07, 6.45) is 1.56. The van der Waals surface area contributed by atoms with Crippen LogP contribution in [0.4, 0.5) is 0 Å². The molecule has 1 atom stereocenters. The van der Waals surface area contributed by atoms with Gasteiger partial charge in [-0.3, -0.25) is 4.79 Å². The molecule has 1 heterocycles. The molecular weight excluding hydrogens is 220 g/mol. The Morgan fingerprint density at radius 2 is 1.94 bits per heavy atom. The highest BCUT2D eigenvalue weighted by Crippen LogP contribution is 2.20. The van der Waals surface area contributed by atoms with Crippen LogP contribution in [0, 0.1) is 0 Å². The van der Waals surface area contributed by atoms with Gasteiger partial charge in [0.15, 0.2) is 0 Å². The molecule has 0 aliphatic rings. The molecule has 1 aromatic heterocycles. The number of hydrogen-bond acceptors (Lipinski definition) is 3. The highest BCUT2D eigenvalue weighted by atomic mass is 16.4. The quantitative estimate of drug-likeness (QED) is 0.845. The molecule has 0 radical (unpaired) electrons. The van der Waals surface area contributed by atoms with Gasteiger partial charge in [0, 0.05) is 6.20 Å². The predicted octanol–water partition coefficient (Wildman–Crippen LogP) is 1.77. The minimum atomic E-state index is -0.898. The lowest BCUT2D eigenvalue weighted by molar-refractivity contribution is -0.138. The second-order valence-electron chi connectivity index (χ2n) is 3.74. The summed E-state index contributed by atoms with van der Waals surface area (Å²) in [4.78, 5) is 11.0. The van der Waals surface area contributed by atoms with Crippen molar-refractivity contribution in [3.8, 4) is 11.4 Å². The van der Waals surface area contributed by atoms with E-state index < -0.39 is 11.9 Å². The second-order valence-corrected chi connectivity index (χ2v) is 3.74. The number of carboxylic acid groups (broad SMARTS) is 1. The number of phenolic OH excluding ortho intramolecular Hbond substituents is 1. The second kappa shape index (κ2) is 4.29. The highest BCUT2D eigenvalue weighted by Gasteiger charge is 2.18. The van der Waals surface area contributed by atoms with Gasteiger partial charge in [-0.2, -0.15) is 5.10 Å². The number of carboxylic acids is 1. The number of nitrogens with zero attached hydrogens (tertiary/aromatic N) is 2. The third-order valence-electron chi connectivity index (χ3n) is 2.58. The Balaban J connectivity index is 2.43. The summed E-state index contributed by atoms with van der Waals surface area (Å²) in [7, 11) is 0. The zero-order valence-electron chi connectivity index (χ0n) is 9.24. The maximum atomic E-state index is 11.0. The van der Waals surface area contributed by atoms with Crippen LogP contribution in [-0.2, 0) is 4.79 Å². The van der Waals surface area contributed by atoms with E-state index >= 15 is 0 Å². The Kier molecular flexibility index (Phi) is 2.82. The van der Waals surface area contributed by atoms with Crippen LogP contribution in [0.25, 0.3) is 5.69 Å². The number of phenols is 1. The zero-order chi connectivity index (χ0) is 12.4. The fourth-order valence-electron chi connectivity index (χ4n) is 1.58. The molecule has 0 spiro atoms. The van der Waals surface area contributed by atoms with Gasteiger partial charge in [-0.05, 0) is 37.3 Å². The SMILES string of the molecule is CC(C(=O)O)c1ccnn1-c1ccc(O)cc1. The number of hydrogen-bond donors (Lipinski definition) is 2. The molecule has 17 heavy (non-hydrogen) atoms. The fraction of sp³-hybridized carbons (Fsp3) is 0.167. The Hall–Kier alpha value is -2.30. The first-order valence-corrected chi connectivity index (χ1v) is 5.15. The molecule has 0 saturated heterocycles. The van der Waals surface area contributed by atoms with Crippen LogP contribution in [-0.4, -0.2) is 26.0 Å². The molecule has 0 aliphatic heterocycles. The third-order valence-corrected chi connectivity index (χ3v) is 2.58. The lowest BCUT2D eigenvalue weighted by atomic mass is 10.1. The van der Waals surface area contributed by atoms with Crippen molar-refractivity contribution in [2.45, 2.75) is 12.8 Å². The van der Waals surface area contributed by atoms with Crippen molar-refractivity contribution in [2.75, 3.05) is 0 Å². The monoisotopic (exact) mass is 232 g/mol. The summed E-state index contributed by atoms with van der Waals surface area (Å²) in [6.45, 7) is 1.61. The first-order chi connectivity index (χ1) is 8.09. The Labute approximate surface area is 97.9 Å². The van der Waals surface area contributed by atoms with Crippen LogP contribution in [0.2, 0.25) is 0 Å². The van der Waals surface area contributed by atoms with Crippen LogP contribution in [0.5, 0.6) is 5.75 Å². The van der Waals surface area contributed by atoms with E-state index in [0.717, 1.165) is 5.69 Å². The first kappa shape index (κ1) is 11.2. The molecule has 88 valence electrons. The van der Waals surface area contributed by atoms with Crippen molar-refractivity contribution in [3.05, 3.63) is 42.2 Å². The van der Waals surface area contributed by atoms with E-state index in [1.165, 1.54) is 12.1 Å². The van der Waals surface area contributed by atoms with Gasteiger partial charge in [-0.25, -0.2) is 4.68 Å². The van der Waals surface area contributed by atoms with Crippen LogP contribution < -0.4 is 0 Å². The van der Waals surface area contributed by atoms with Crippen LogP contribution in [0.1, 0.15) is 18.5 Å². The van der Waals surface area contributed by atoms with Gasteiger partial charge in [0.1, 0.15) is 5.75 Å². The molecule has 2 N–H and O–H groups in total. The van der Waals surface area contributed by atoms with Crippen molar-refractivity contribution in [1.29, 1.82) is 0 Å². The lowest BCUT2D eigenvalue weighted by Gasteiger charge is -2.10. The standard InChI is InChI=1S/C12H12N2O3/c1-8(12(16)17)11-6-7-13-14(11)9-2-4-10(15)5-3-9/h2-8,15H,1H3,(H,16,17). The molecular formula is C12H12N2O3. The van der Waals surface area contributed by atoms with Gasteiger partial charge in [0.2, 0.25) is 0 Å². The Morgan fingerprint density at radius 1 is 1.29 bits per heavy atom. The minimum Gasteiger partial charge on any atom is -0.508 e. The van der Waals surface area contributed by atoms with E-state index in [-0.39, 0.29) is 5.75 Å². The summed E-state index contributed by atoms with van der Waals surface area (Å²) in [6, 6.07) is 8.10. The molecule has 5 heteroatoms.